The van der Waals surface area contributed by atoms with Gasteiger partial charge in [-0.3, -0.25) is 4.79 Å². The second kappa shape index (κ2) is 12.1. The van der Waals surface area contributed by atoms with Gasteiger partial charge in [-0.2, -0.15) is 0 Å². The first-order chi connectivity index (χ1) is 8.66. The number of hydrogen-bond donors (Lipinski definition) is 2. The molecule has 0 radical (unpaired) electrons. The Morgan fingerprint density at radius 2 is 1.50 bits per heavy atom. The first kappa shape index (κ1) is 16.7. The highest BCUT2D eigenvalue weighted by atomic mass is 16.4. The average Bonchev–Trinajstić information content (AvgIpc) is 2.34. The number of carbonyl (C=O) groups is 2. The van der Waals surface area contributed by atoms with Crippen molar-refractivity contribution in [1.29, 1.82) is 0 Å². The van der Waals surface area contributed by atoms with Crippen molar-refractivity contribution < 1.29 is 14.7 Å². The molecule has 4 nitrogen and oxygen atoms in total. The van der Waals surface area contributed by atoms with Crippen molar-refractivity contribution >= 4 is 11.9 Å². The predicted molar refractivity (Wildman–Crippen MR) is 72.4 cm³/mol. The summed E-state index contributed by atoms with van der Waals surface area (Å²) < 4.78 is 0. The van der Waals surface area contributed by atoms with Gasteiger partial charge in [0.15, 0.2) is 0 Å². The number of carboxylic acids is 1. The van der Waals surface area contributed by atoms with Crippen molar-refractivity contribution in [3.8, 4) is 0 Å². The maximum Gasteiger partial charge on any atom is 0.328 e. The smallest absolute Gasteiger partial charge is 0.328 e. The van der Waals surface area contributed by atoms with E-state index >= 15 is 0 Å². The molecule has 0 aliphatic rings. The summed E-state index contributed by atoms with van der Waals surface area (Å²) in [6, 6.07) is 0. The number of carboxylic acid groups (broad SMARTS) is 1. The molecule has 0 rings (SSSR count). The molecular formula is C14H25NO3. The van der Waals surface area contributed by atoms with E-state index < -0.39 is 5.97 Å². The van der Waals surface area contributed by atoms with Gasteiger partial charge in [0.2, 0.25) is 5.91 Å². The van der Waals surface area contributed by atoms with Crippen molar-refractivity contribution in [3.05, 3.63) is 12.2 Å². The number of unbranched alkanes of at least 4 members (excludes halogenated alkanes) is 7. The summed E-state index contributed by atoms with van der Waals surface area (Å²) in [6.07, 6.45) is 11.7. The molecule has 2 N–H and O–H groups in total. The molecule has 0 aromatic carbocycles. The minimum atomic E-state index is -1.10. The van der Waals surface area contributed by atoms with Crippen molar-refractivity contribution in [2.24, 2.45) is 0 Å². The third-order valence-corrected chi connectivity index (χ3v) is 2.71. The second-order valence-corrected chi connectivity index (χ2v) is 4.44. The topological polar surface area (TPSA) is 66.4 Å². The lowest BCUT2D eigenvalue weighted by Crippen LogP contribution is -2.22. The lowest BCUT2D eigenvalue weighted by atomic mass is 10.1. The number of rotatable bonds is 11. The van der Waals surface area contributed by atoms with Gasteiger partial charge in [-0.05, 0) is 6.42 Å². The van der Waals surface area contributed by atoms with Crippen LogP contribution in [0.25, 0.3) is 0 Å². The van der Waals surface area contributed by atoms with Crippen molar-refractivity contribution in [1.82, 2.24) is 5.32 Å². The van der Waals surface area contributed by atoms with E-state index in [1.54, 1.807) is 0 Å². The highest BCUT2D eigenvalue weighted by Crippen LogP contribution is 2.07. The molecule has 0 unspecified atom stereocenters. The zero-order chi connectivity index (χ0) is 13.6. The number of aliphatic carboxylic acids is 1. The Balaban J connectivity index is 3.25. The summed E-state index contributed by atoms with van der Waals surface area (Å²) in [7, 11) is 0. The molecule has 0 saturated heterocycles. The molecule has 0 aromatic rings. The standard InChI is InChI=1S/C14H25NO3/c1-2-3-4-5-6-7-8-9-12-15-13(16)10-11-14(17)18/h10-11H,2-9,12H2,1H3,(H,15,16)(H,17,18)/b11-10-. The van der Waals surface area contributed by atoms with Crippen LogP contribution < -0.4 is 5.32 Å². The molecule has 0 aliphatic carbocycles. The monoisotopic (exact) mass is 255 g/mol. The molecule has 1 amide bonds. The SMILES string of the molecule is CCCCCCCCCCNC(=O)/C=C\C(=O)O. The zero-order valence-corrected chi connectivity index (χ0v) is 11.3. The van der Waals surface area contributed by atoms with Gasteiger partial charge in [-0.1, -0.05) is 51.9 Å². The fourth-order valence-electron chi connectivity index (χ4n) is 1.68. The van der Waals surface area contributed by atoms with E-state index in [9.17, 15) is 9.59 Å². The Morgan fingerprint density at radius 1 is 0.944 bits per heavy atom. The number of amides is 1. The van der Waals surface area contributed by atoms with Gasteiger partial charge >= 0.3 is 5.97 Å². The Morgan fingerprint density at radius 3 is 2.06 bits per heavy atom. The van der Waals surface area contributed by atoms with E-state index in [0.717, 1.165) is 25.0 Å². The molecular weight excluding hydrogens is 230 g/mol. The Labute approximate surface area is 109 Å². The molecule has 18 heavy (non-hydrogen) atoms. The normalized spacial score (nSPS) is 10.7. The zero-order valence-electron chi connectivity index (χ0n) is 11.3. The van der Waals surface area contributed by atoms with E-state index in [0.29, 0.717) is 6.54 Å². The molecule has 4 heteroatoms. The highest BCUT2D eigenvalue weighted by molar-refractivity contribution is 5.93. The first-order valence-corrected chi connectivity index (χ1v) is 6.85. The molecule has 0 bridgehead atoms. The summed E-state index contributed by atoms with van der Waals surface area (Å²) >= 11 is 0. The van der Waals surface area contributed by atoms with Gasteiger partial charge in [0.25, 0.3) is 0 Å². The van der Waals surface area contributed by atoms with Crippen LogP contribution in [0.1, 0.15) is 58.3 Å². The van der Waals surface area contributed by atoms with Gasteiger partial charge < -0.3 is 10.4 Å². The Kier molecular flexibility index (Phi) is 11.3. The van der Waals surface area contributed by atoms with E-state index in [2.05, 4.69) is 12.2 Å². The van der Waals surface area contributed by atoms with Crippen LogP contribution in [-0.4, -0.2) is 23.5 Å². The van der Waals surface area contributed by atoms with Crippen molar-refractivity contribution in [3.63, 3.8) is 0 Å². The van der Waals surface area contributed by atoms with Gasteiger partial charge in [0, 0.05) is 18.7 Å². The summed E-state index contributed by atoms with van der Waals surface area (Å²) in [5.41, 5.74) is 0. The predicted octanol–water partition coefficient (Wildman–Crippen LogP) is 2.88. The third-order valence-electron chi connectivity index (χ3n) is 2.71. The molecule has 0 saturated carbocycles. The van der Waals surface area contributed by atoms with E-state index in [1.165, 1.54) is 38.5 Å². The lowest BCUT2D eigenvalue weighted by Gasteiger charge is -2.02. The van der Waals surface area contributed by atoms with Crippen LogP contribution in [0.5, 0.6) is 0 Å². The molecule has 0 atom stereocenters. The van der Waals surface area contributed by atoms with Gasteiger partial charge in [0.05, 0.1) is 0 Å². The quantitative estimate of drug-likeness (QED) is 0.440. The maximum absolute atomic E-state index is 11.1. The number of nitrogens with one attached hydrogen (secondary N) is 1. The van der Waals surface area contributed by atoms with Crippen LogP contribution in [0.4, 0.5) is 0 Å². The second-order valence-electron chi connectivity index (χ2n) is 4.44. The Bertz CT molecular complexity index is 262. The summed E-state index contributed by atoms with van der Waals surface area (Å²) in [5.74, 6) is -1.43. The third kappa shape index (κ3) is 12.7. The molecule has 0 spiro atoms. The molecule has 0 aromatic heterocycles. The Hall–Kier alpha value is -1.32. The summed E-state index contributed by atoms with van der Waals surface area (Å²) in [4.78, 5) is 21.3. The number of carbonyl (C=O) groups excluding carboxylic acids is 1. The molecule has 0 fully saturated rings. The summed E-state index contributed by atoms with van der Waals surface area (Å²) in [6.45, 7) is 2.83. The van der Waals surface area contributed by atoms with Crippen molar-refractivity contribution in [2.45, 2.75) is 58.3 Å². The van der Waals surface area contributed by atoms with E-state index in [1.807, 2.05) is 0 Å². The van der Waals surface area contributed by atoms with Crippen LogP contribution in [0.15, 0.2) is 12.2 Å². The first-order valence-electron chi connectivity index (χ1n) is 6.85. The fraction of sp³-hybridized carbons (Fsp3) is 0.714. The molecule has 104 valence electrons. The van der Waals surface area contributed by atoms with Crippen LogP contribution in [-0.2, 0) is 9.59 Å². The van der Waals surface area contributed by atoms with Gasteiger partial charge in [-0.25, -0.2) is 4.79 Å². The largest absolute Gasteiger partial charge is 0.478 e. The van der Waals surface area contributed by atoms with Gasteiger partial charge in [0.1, 0.15) is 0 Å². The van der Waals surface area contributed by atoms with Crippen molar-refractivity contribution in [2.75, 3.05) is 6.54 Å². The summed E-state index contributed by atoms with van der Waals surface area (Å²) in [5, 5.41) is 11.0. The number of hydrogen-bond acceptors (Lipinski definition) is 2. The van der Waals surface area contributed by atoms with E-state index in [4.69, 9.17) is 5.11 Å². The van der Waals surface area contributed by atoms with Crippen LogP contribution in [0.2, 0.25) is 0 Å². The van der Waals surface area contributed by atoms with Crippen LogP contribution in [0, 0.1) is 0 Å². The van der Waals surface area contributed by atoms with E-state index in [-0.39, 0.29) is 5.91 Å². The van der Waals surface area contributed by atoms with Crippen LogP contribution >= 0.6 is 0 Å². The van der Waals surface area contributed by atoms with Gasteiger partial charge in [-0.15, -0.1) is 0 Å². The lowest BCUT2D eigenvalue weighted by molar-refractivity contribution is -0.131. The minimum absolute atomic E-state index is 0.333. The molecule has 0 aliphatic heterocycles. The maximum atomic E-state index is 11.1. The highest BCUT2D eigenvalue weighted by Gasteiger charge is 1.96. The van der Waals surface area contributed by atoms with Crippen LogP contribution in [0.3, 0.4) is 0 Å². The fourth-order valence-corrected chi connectivity index (χ4v) is 1.68. The average molecular weight is 255 g/mol. The molecule has 0 heterocycles. The minimum Gasteiger partial charge on any atom is -0.478 e.